The van der Waals surface area contributed by atoms with E-state index in [0.717, 1.165) is 16.5 Å². The molecule has 2 aromatic carbocycles. The average Bonchev–Trinajstić information content (AvgIpc) is 2.36. The zero-order chi connectivity index (χ0) is 13.8. The Morgan fingerprint density at radius 1 is 1.05 bits per heavy atom. The number of rotatable bonds is 4. The Hall–Kier alpha value is -0.740. The molecule has 0 bridgehead atoms. The van der Waals surface area contributed by atoms with E-state index in [4.69, 9.17) is 33.7 Å². The van der Waals surface area contributed by atoms with Gasteiger partial charge < -0.3 is 10.5 Å². The summed E-state index contributed by atoms with van der Waals surface area (Å²) in [5.41, 5.74) is 6.69. The molecule has 0 aliphatic carbocycles. The van der Waals surface area contributed by atoms with E-state index in [1.807, 2.05) is 18.2 Å². The van der Waals surface area contributed by atoms with E-state index in [2.05, 4.69) is 15.9 Å². The van der Waals surface area contributed by atoms with Crippen molar-refractivity contribution in [3.63, 3.8) is 0 Å². The molecule has 0 aliphatic heterocycles. The summed E-state index contributed by atoms with van der Waals surface area (Å²) >= 11 is 15.4. The Labute approximate surface area is 130 Å². The first-order valence-electron chi connectivity index (χ1n) is 5.71. The third-order valence-electron chi connectivity index (χ3n) is 2.54. The lowest BCUT2D eigenvalue weighted by atomic mass is 10.1. The van der Waals surface area contributed by atoms with Gasteiger partial charge >= 0.3 is 0 Å². The van der Waals surface area contributed by atoms with Crippen molar-refractivity contribution in [1.29, 1.82) is 0 Å². The SMILES string of the molecule is NCCc1ccc(Oc2ccc(Cl)cc2Cl)c(Br)c1. The highest BCUT2D eigenvalue weighted by Crippen LogP contribution is 2.35. The van der Waals surface area contributed by atoms with Gasteiger partial charge in [0.15, 0.2) is 0 Å². The molecule has 0 spiro atoms. The third kappa shape index (κ3) is 3.86. The van der Waals surface area contributed by atoms with Crippen molar-refractivity contribution < 1.29 is 4.74 Å². The molecule has 2 N–H and O–H groups in total. The van der Waals surface area contributed by atoms with E-state index in [9.17, 15) is 0 Å². The summed E-state index contributed by atoms with van der Waals surface area (Å²) in [6.45, 7) is 0.621. The number of hydrogen-bond acceptors (Lipinski definition) is 2. The van der Waals surface area contributed by atoms with E-state index < -0.39 is 0 Å². The van der Waals surface area contributed by atoms with Crippen LogP contribution in [-0.4, -0.2) is 6.54 Å². The molecule has 2 rings (SSSR count). The Kier molecular flexibility index (Phi) is 5.11. The molecule has 100 valence electrons. The normalized spacial score (nSPS) is 10.5. The predicted molar refractivity (Wildman–Crippen MR) is 83.4 cm³/mol. The molecule has 0 aromatic heterocycles. The van der Waals surface area contributed by atoms with E-state index in [-0.39, 0.29) is 0 Å². The van der Waals surface area contributed by atoms with Crippen molar-refractivity contribution in [2.75, 3.05) is 6.54 Å². The number of ether oxygens (including phenoxy) is 1. The van der Waals surface area contributed by atoms with Gasteiger partial charge in [-0.05, 0) is 64.8 Å². The zero-order valence-corrected chi connectivity index (χ0v) is 13.1. The van der Waals surface area contributed by atoms with Gasteiger partial charge in [-0.2, -0.15) is 0 Å². The highest BCUT2D eigenvalue weighted by atomic mass is 79.9. The summed E-state index contributed by atoms with van der Waals surface area (Å²) in [5, 5.41) is 1.06. The first kappa shape index (κ1) is 14.7. The highest BCUT2D eigenvalue weighted by Gasteiger charge is 2.07. The smallest absolute Gasteiger partial charge is 0.146 e. The predicted octanol–water partition coefficient (Wildman–Crippen LogP) is 5.05. The van der Waals surface area contributed by atoms with Crippen LogP contribution in [0.5, 0.6) is 11.5 Å². The fourth-order valence-electron chi connectivity index (χ4n) is 1.63. The Morgan fingerprint density at radius 3 is 2.42 bits per heavy atom. The number of halogens is 3. The second-order valence-electron chi connectivity index (χ2n) is 3.98. The van der Waals surface area contributed by atoms with Crippen LogP contribution in [0.2, 0.25) is 10.0 Å². The second-order valence-corrected chi connectivity index (χ2v) is 5.68. The molecular weight excluding hydrogens is 349 g/mol. The van der Waals surface area contributed by atoms with Gasteiger partial charge in [-0.1, -0.05) is 29.3 Å². The van der Waals surface area contributed by atoms with Crippen molar-refractivity contribution in [3.8, 4) is 11.5 Å². The van der Waals surface area contributed by atoms with E-state index in [1.54, 1.807) is 18.2 Å². The van der Waals surface area contributed by atoms with Crippen LogP contribution < -0.4 is 10.5 Å². The van der Waals surface area contributed by atoms with Crippen molar-refractivity contribution >= 4 is 39.1 Å². The zero-order valence-electron chi connectivity index (χ0n) is 10.00. The number of hydrogen-bond donors (Lipinski definition) is 1. The summed E-state index contributed by atoms with van der Waals surface area (Å²) in [4.78, 5) is 0. The van der Waals surface area contributed by atoms with Gasteiger partial charge in [0.25, 0.3) is 0 Å². The number of nitrogens with two attached hydrogens (primary N) is 1. The number of benzene rings is 2. The molecule has 19 heavy (non-hydrogen) atoms. The third-order valence-corrected chi connectivity index (χ3v) is 3.69. The summed E-state index contributed by atoms with van der Waals surface area (Å²) < 4.78 is 6.62. The fraction of sp³-hybridized carbons (Fsp3) is 0.143. The van der Waals surface area contributed by atoms with Crippen LogP contribution in [0, 0.1) is 0 Å². The molecule has 0 amide bonds. The minimum atomic E-state index is 0.477. The summed E-state index contributed by atoms with van der Waals surface area (Å²) in [6, 6.07) is 11.0. The maximum absolute atomic E-state index is 6.07. The van der Waals surface area contributed by atoms with Crippen molar-refractivity contribution in [3.05, 3.63) is 56.5 Å². The monoisotopic (exact) mass is 359 g/mol. The van der Waals surface area contributed by atoms with Crippen molar-refractivity contribution in [2.45, 2.75) is 6.42 Å². The lowest BCUT2D eigenvalue weighted by Gasteiger charge is -2.10. The van der Waals surface area contributed by atoms with E-state index in [0.29, 0.717) is 28.1 Å². The quantitative estimate of drug-likeness (QED) is 0.827. The fourth-order valence-corrected chi connectivity index (χ4v) is 2.58. The molecule has 0 atom stereocenters. The van der Waals surface area contributed by atoms with E-state index >= 15 is 0 Å². The van der Waals surface area contributed by atoms with Gasteiger partial charge in [-0.25, -0.2) is 0 Å². The van der Waals surface area contributed by atoms with Crippen LogP contribution in [0.1, 0.15) is 5.56 Å². The molecule has 0 aliphatic rings. The lowest BCUT2D eigenvalue weighted by Crippen LogP contribution is -2.02. The Morgan fingerprint density at radius 2 is 1.79 bits per heavy atom. The van der Waals surface area contributed by atoms with Gasteiger partial charge in [0.1, 0.15) is 11.5 Å². The average molecular weight is 361 g/mol. The molecule has 2 aromatic rings. The maximum Gasteiger partial charge on any atom is 0.146 e. The summed E-state index contributed by atoms with van der Waals surface area (Å²) in [7, 11) is 0. The van der Waals surface area contributed by atoms with Gasteiger partial charge in [0, 0.05) is 5.02 Å². The van der Waals surface area contributed by atoms with Crippen LogP contribution >= 0.6 is 39.1 Å². The molecule has 0 saturated heterocycles. The molecular formula is C14H12BrCl2NO. The first-order chi connectivity index (χ1) is 9.10. The second kappa shape index (κ2) is 6.62. The van der Waals surface area contributed by atoms with Crippen molar-refractivity contribution in [1.82, 2.24) is 0 Å². The minimum Gasteiger partial charge on any atom is -0.455 e. The molecule has 0 saturated carbocycles. The van der Waals surface area contributed by atoms with Crippen LogP contribution in [0.25, 0.3) is 0 Å². The Bertz CT molecular complexity index is 590. The Balaban J connectivity index is 2.23. The molecule has 0 heterocycles. The summed E-state index contributed by atoms with van der Waals surface area (Å²) in [5.74, 6) is 1.27. The molecule has 5 heteroatoms. The van der Waals surface area contributed by atoms with E-state index in [1.165, 1.54) is 0 Å². The van der Waals surface area contributed by atoms with Crippen LogP contribution in [0.15, 0.2) is 40.9 Å². The summed E-state index contributed by atoms with van der Waals surface area (Å²) in [6.07, 6.45) is 0.834. The molecule has 0 radical (unpaired) electrons. The maximum atomic E-state index is 6.07. The highest BCUT2D eigenvalue weighted by molar-refractivity contribution is 9.10. The van der Waals surface area contributed by atoms with Gasteiger partial charge in [0.05, 0.1) is 9.50 Å². The van der Waals surface area contributed by atoms with Crippen LogP contribution in [0.3, 0.4) is 0 Å². The van der Waals surface area contributed by atoms with Gasteiger partial charge in [-0.15, -0.1) is 0 Å². The topological polar surface area (TPSA) is 35.2 Å². The molecule has 2 nitrogen and oxygen atoms in total. The standard InChI is InChI=1S/C14H12BrCl2NO/c15-11-7-9(5-6-18)1-3-13(11)19-14-4-2-10(16)8-12(14)17/h1-4,7-8H,5-6,18H2. The molecule has 0 fully saturated rings. The van der Waals surface area contributed by atoms with Crippen LogP contribution in [-0.2, 0) is 6.42 Å². The minimum absolute atomic E-state index is 0.477. The van der Waals surface area contributed by atoms with Crippen molar-refractivity contribution in [2.24, 2.45) is 5.73 Å². The van der Waals surface area contributed by atoms with Gasteiger partial charge in [0.2, 0.25) is 0 Å². The van der Waals surface area contributed by atoms with Crippen LogP contribution in [0.4, 0.5) is 0 Å². The lowest BCUT2D eigenvalue weighted by molar-refractivity contribution is 0.479. The van der Waals surface area contributed by atoms with Gasteiger partial charge in [-0.3, -0.25) is 0 Å². The molecule has 0 unspecified atom stereocenters. The first-order valence-corrected chi connectivity index (χ1v) is 7.26. The largest absolute Gasteiger partial charge is 0.455 e.